The van der Waals surface area contributed by atoms with Crippen molar-refractivity contribution in [3.63, 3.8) is 0 Å². The predicted octanol–water partition coefficient (Wildman–Crippen LogP) is 3.51. The summed E-state index contributed by atoms with van der Waals surface area (Å²) in [5.41, 5.74) is 2.11. The van der Waals surface area contributed by atoms with Gasteiger partial charge in [0.15, 0.2) is 5.82 Å². The van der Waals surface area contributed by atoms with Crippen molar-refractivity contribution < 1.29 is 0 Å². The highest BCUT2D eigenvalue weighted by molar-refractivity contribution is 9.10. The van der Waals surface area contributed by atoms with E-state index in [9.17, 15) is 0 Å². The van der Waals surface area contributed by atoms with Crippen LogP contribution in [-0.4, -0.2) is 21.7 Å². The Balaban J connectivity index is 2.14. The molecule has 1 heterocycles. The lowest BCUT2D eigenvalue weighted by Crippen LogP contribution is -2.06. The highest BCUT2D eigenvalue weighted by Gasteiger charge is 2.04. The average Bonchev–Trinajstić information content (AvgIpc) is 2.40. The topological polar surface area (TPSA) is 62.7 Å². The second-order valence-corrected chi connectivity index (χ2v) is 5.05. The molecule has 1 aromatic heterocycles. The highest BCUT2D eigenvalue weighted by atomic mass is 79.9. The van der Waals surface area contributed by atoms with E-state index in [0.29, 0.717) is 5.95 Å². The summed E-state index contributed by atoms with van der Waals surface area (Å²) in [6.07, 6.45) is 2.65. The fourth-order valence-electron chi connectivity index (χ4n) is 1.54. The standard InChI is InChI=1S/C13H16BrN5/c1-3-6-15-12-8-16-19-13(18-12)17-11-5-4-9(2)7-10(11)14/h4-5,7-8H,3,6H2,1-2H3,(H2,15,17,18,19). The molecule has 0 fully saturated rings. The third-order valence-corrected chi connectivity index (χ3v) is 3.14. The van der Waals surface area contributed by atoms with E-state index < -0.39 is 0 Å². The summed E-state index contributed by atoms with van der Waals surface area (Å²) in [6.45, 7) is 5.01. The maximum Gasteiger partial charge on any atom is 0.249 e. The van der Waals surface area contributed by atoms with Gasteiger partial charge in [-0.05, 0) is 47.0 Å². The molecule has 6 heteroatoms. The molecule has 0 radical (unpaired) electrons. The Labute approximate surface area is 121 Å². The molecule has 5 nitrogen and oxygen atoms in total. The van der Waals surface area contributed by atoms with Crippen LogP contribution in [0.25, 0.3) is 0 Å². The Morgan fingerprint density at radius 2 is 2.16 bits per heavy atom. The zero-order chi connectivity index (χ0) is 13.7. The zero-order valence-electron chi connectivity index (χ0n) is 10.9. The molecule has 2 N–H and O–H groups in total. The van der Waals surface area contributed by atoms with Gasteiger partial charge in [0.25, 0.3) is 0 Å². The lowest BCUT2D eigenvalue weighted by molar-refractivity contribution is 0.935. The average molecular weight is 322 g/mol. The van der Waals surface area contributed by atoms with E-state index in [4.69, 9.17) is 0 Å². The molecule has 0 saturated heterocycles. The van der Waals surface area contributed by atoms with Gasteiger partial charge in [0.2, 0.25) is 5.95 Å². The molecule has 0 aliphatic carbocycles. The number of aromatic nitrogens is 3. The second-order valence-electron chi connectivity index (χ2n) is 4.20. The number of benzene rings is 1. The summed E-state index contributed by atoms with van der Waals surface area (Å²) in [5.74, 6) is 1.20. The molecule has 19 heavy (non-hydrogen) atoms. The summed E-state index contributed by atoms with van der Waals surface area (Å²) in [7, 11) is 0. The first-order valence-corrected chi connectivity index (χ1v) is 6.95. The van der Waals surface area contributed by atoms with Crippen LogP contribution in [0.1, 0.15) is 18.9 Å². The minimum Gasteiger partial charge on any atom is -0.369 e. The molecule has 1 aromatic carbocycles. The zero-order valence-corrected chi connectivity index (χ0v) is 12.5. The number of rotatable bonds is 5. The monoisotopic (exact) mass is 321 g/mol. The quantitative estimate of drug-likeness (QED) is 0.882. The van der Waals surface area contributed by atoms with Crippen molar-refractivity contribution in [3.8, 4) is 0 Å². The van der Waals surface area contributed by atoms with Crippen molar-refractivity contribution in [3.05, 3.63) is 34.4 Å². The molecule has 0 saturated carbocycles. The van der Waals surface area contributed by atoms with Crippen molar-refractivity contribution in [2.45, 2.75) is 20.3 Å². The predicted molar refractivity (Wildman–Crippen MR) is 80.8 cm³/mol. The number of halogens is 1. The first kappa shape index (κ1) is 13.7. The third kappa shape index (κ3) is 3.89. The van der Waals surface area contributed by atoms with E-state index in [1.165, 1.54) is 5.56 Å². The molecule has 0 bridgehead atoms. The van der Waals surface area contributed by atoms with Gasteiger partial charge in [-0.15, -0.1) is 5.10 Å². The van der Waals surface area contributed by atoms with Crippen LogP contribution >= 0.6 is 15.9 Å². The van der Waals surface area contributed by atoms with Crippen LogP contribution in [0.3, 0.4) is 0 Å². The van der Waals surface area contributed by atoms with Crippen LogP contribution in [0.5, 0.6) is 0 Å². The smallest absolute Gasteiger partial charge is 0.249 e. The van der Waals surface area contributed by atoms with Gasteiger partial charge in [0.1, 0.15) is 0 Å². The summed E-state index contributed by atoms with van der Waals surface area (Å²) in [5, 5.41) is 14.2. The summed E-state index contributed by atoms with van der Waals surface area (Å²) < 4.78 is 0.975. The van der Waals surface area contributed by atoms with Crippen molar-refractivity contribution in [1.82, 2.24) is 15.2 Å². The maximum atomic E-state index is 4.35. The fraction of sp³-hybridized carbons (Fsp3) is 0.308. The molecule has 0 unspecified atom stereocenters. The van der Waals surface area contributed by atoms with Crippen LogP contribution in [-0.2, 0) is 0 Å². The van der Waals surface area contributed by atoms with Crippen molar-refractivity contribution in [2.75, 3.05) is 17.2 Å². The summed E-state index contributed by atoms with van der Waals surface area (Å²) in [4.78, 5) is 4.35. The van der Waals surface area contributed by atoms with E-state index >= 15 is 0 Å². The maximum absolute atomic E-state index is 4.35. The number of hydrogen-bond donors (Lipinski definition) is 2. The lowest BCUT2D eigenvalue weighted by atomic mass is 10.2. The SMILES string of the molecule is CCCNc1cnnc(Nc2ccc(C)cc2Br)n1. The van der Waals surface area contributed by atoms with Crippen molar-refractivity contribution in [2.24, 2.45) is 0 Å². The van der Waals surface area contributed by atoms with E-state index in [2.05, 4.69) is 48.7 Å². The molecular formula is C13H16BrN5. The molecular weight excluding hydrogens is 306 g/mol. The number of anilines is 3. The van der Waals surface area contributed by atoms with Gasteiger partial charge < -0.3 is 10.6 Å². The third-order valence-electron chi connectivity index (χ3n) is 2.49. The molecule has 0 atom stereocenters. The fourth-order valence-corrected chi connectivity index (χ4v) is 2.13. The summed E-state index contributed by atoms with van der Waals surface area (Å²) >= 11 is 3.51. The molecule has 0 amide bonds. The van der Waals surface area contributed by atoms with Gasteiger partial charge in [0, 0.05) is 11.0 Å². The minimum absolute atomic E-state index is 0.477. The molecule has 0 spiro atoms. The summed E-state index contributed by atoms with van der Waals surface area (Å²) in [6, 6.07) is 6.05. The minimum atomic E-state index is 0.477. The van der Waals surface area contributed by atoms with Crippen LogP contribution in [0.15, 0.2) is 28.9 Å². The van der Waals surface area contributed by atoms with Crippen LogP contribution in [0.4, 0.5) is 17.5 Å². The van der Waals surface area contributed by atoms with Crippen LogP contribution in [0.2, 0.25) is 0 Å². The number of nitrogens with zero attached hydrogens (tertiary/aromatic N) is 3. The molecule has 100 valence electrons. The Morgan fingerprint density at radius 3 is 2.89 bits per heavy atom. The largest absolute Gasteiger partial charge is 0.369 e. The van der Waals surface area contributed by atoms with E-state index in [0.717, 1.165) is 28.9 Å². The molecule has 0 aliphatic heterocycles. The van der Waals surface area contributed by atoms with Gasteiger partial charge in [-0.2, -0.15) is 10.1 Å². The first-order chi connectivity index (χ1) is 9.19. The van der Waals surface area contributed by atoms with E-state index in [1.54, 1.807) is 6.20 Å². The van der Waals surface area contributed by atoms with Gasteiger partial charge in [0.05, 0.1) is 11.9 Å². The number of aryl methyl sites for hydroxylation is 1. The second kappa shape index (κ2) is 6.47. The lowest BCUT2D eigenvalue weighted by Gasteiger charge is -2.08. The normalized spacial score (nSPS) is 10.3. The number of nitrogens with one attached hydrogen (secondary N) is 2. The highest BCUT2D eigenvalue weighted by Crippen LogP contribution is 2.25. The van der Waals surface area contributed by atoms with Crippen molar-refractivity contribution >= 4 is 33.4 Å². The van der Waals surface area contributed by atoms with Gasteiger partial charge in [-0.1, -0.05) is 13.0 Å². The Bertz CT molecular complexity index is 558. The van der Waals surface area contributed by atoms with Crippen LogP contribution in [0, 0.1) is 6.92 Å². The Hall–Kier alpha value is -1.69. The van der Waals surface area contributed by atoms with Crippen LogP contribution < -0.4 is 10.6 Å². The first-order valence-electron chi connectivity index (χ1n) is 6.16. The molecule has 2 rings (SSSR count). The number of hydrogen-bond acceptors (Lipinski definition) is 5. The Kier molecular flexibility index (Phi) is 4.68. The van der Waals surface area contributed by atoms with E-state index in [-0.39, 0.29) is 0 Å². The Morgan fingerprint density at radius 1 is 1.32 bits per heavy atom. The van der Waals surface area contributed by atoms with Gasteiger partial charge in [-0.3, -0.25) is 0 Å². The van der Waals surface area contributed by atoms with Gasteiger partial charge >= 0.3 is 0 Å². The van der Waals surface area contributed by atoms with E-state index in [1.807, 2.05) is 25.1 Å². The van der Waals surface area contributed by atoms with Gasteiger partial charge in [-0.25, -0.2) is 0 Å². The van der Waals surface area contributed by atoms with Crippen molar-refractivity contribution in [1.29, 1.82) is 0 Å². The molecule has 0 aliphatic rings. The molecule has 2 aromatic rings.